The van der Waals surface area contributed by atoms with Crippen LogP contribution in [0, 0.1) is 16.0 Å². The van der Waals surface area contributed by atoms with Crippen LogP contribution in [0.2, 0.25) is 0 Å². The number of aliphatic carboxylic acids is 1. The van der Waals surface area contributed by atoms with Crippen LogP contribution in [0.25, 0.3) is 0 Å². The summed E-state index contributed by atoms with van der Waals surface area (Å²) in [5.74, 6) is -0.902. The van der Waals surface area contributed by atoms with Gasteiger partial charge in [-0.1, -0.05) is 0 Å². The van der Waals surface area contributed by atoms with Gasteiger partial charge in [0.25, 0.3) is 0 Å². The molecule has 0 aliphatic heterocycles. The van der Waals surface area contributed by atoms with Crippen LogP contribution in [0.1, 0.15) is 19.8 Å². The van der Waals surface area contributed by atoms with Crippen molar-refractivity contribution in [1.82, 2.24) is 4.98 Å². The van der Waals surface area contributed by atoms with Crippen LogP contribution in [0.15, 0.2) is 6.20 Å². The highest BCUT2D eigenvalue weighted by Gasteiger charge is 2.48. The molecule has 1 saturated carbocycles. The van der Waals surface area contributed by atoms with E-state index < -0.39 is 16.4 Å². The molecule has 2 N–H and O–H groups in total. The van der Waals surface area contributed by atoms with Gasteiger partial charge in [-0.2, -0.15) is 0 Å². The first-order chi connectivity index (χ1) is 7.93. The van der Waals surface area contributed by atoms with E-state index in [1.807, 2.05) is 0 Å². The van der Waals surface area contributed by atoms with Crippen LogP contribution in [-0.2, 0) is 4.79 Å². The number of aromatic nitrogens is 1. The Bertz CT molecular complexity index is 471. The first kappa shape index (κ1) is 11.8. The number of thiazole rings is 1. The minimum absolute atomic E-state index is 0.0583. The van der Waals surface area contributed by atoms with Crippen molar-refractivity contribution >= 4 is 27.4 Å². The molecule has 0 saturated heterocycles. The lowest BCUT2D eigenvalue weighted by molar-refractivity contribution is -0.380. The van der Waals surface area contributed by atoms with Crippen molar-refractivity contribution in [3.05, 3.63) is 16.3 Å². The van der Waals surface area contributed by atoms with Crippen LogP contribution < -0.4 is 5.32 Å². The van der Waals surface area contributed by atoms with Gasteiger partial charge >= 0.3 is 11.0 Å². The molecule has 1 unspecified atom stereocenters. The zero-order valence-corrected chi connectivity index (χ0v) is 9.86. The van der Waals surface area contributed by atoms with E-state index in [9.17, 15) is 20.0 Å². The van der Waals surface area contributed by atoms with Crippen molar-refractivity contribution in [1.29, 1.82) is 0 Å². The second kappa shape index (κ2) is 3.95. The molecule has 1 aliphatic rings. The van der Waals surface area contributed by atoms with Crippen LogP contribution >= 0.6 is 11.3 Å². The molecule has 1 heterocycles. The fourth-order valence-corrected chi connectivity index (χ4v) is 2.37. The van der Waals surface area contributed by atoms with Crippen molar-refractivity contribution in [2.45, 2.75) is 25.3 Å². The smallest absolute Gasteiger partial charge is 0.345 e. The Labute approximate surface area is 101 Å². The molecule has 0 bridgehead atoms. The summed E-state index contributed by atoms with van der Waals surface area (Å²) >= 11 is 0.846. The van der Waals surface area contributed by atoms with Gasteiger partial charge in [0.1, 0.15) is 11.7 Å². The second-order valence-corrected chi connectivity index (χ2v) is 5.18. The van der Waals surface area contributed by atoms with Crippen LogP contribution in [-0.4, -0.2) is 26.5 Å². The minimum atomic E-state index is -1.09. The number of hydrogen-bond donors (Lipinski definition) is 2. The first-order valence-corrected chi connectivity index (χ1v) is 5.87. The van der Waals surface area contributed by atoms with Crippen LogP contribution in [0.5, 0.6) is 0 Å². The monoisotopic (exact) mass is 257 g/mol. The molecule has 1 fully saturated rings. The molecule has 7 nitrogen and oxygen atoms in total. The third kappa shape index (κ3) is 2.21. The Morgan fingerprint density at radius 3 is 2.82 bits per heavy atom. The maximum Gasteiger partial charge on any atom is 0.345 e. The molecule has 0 amide bonds. The summed E-state index contributed by atoms with van der Waals surface area (Å²) in [6, 6.07) is 0. The van der Waals surface area contributed by atoms with Crippen molar-refractivity contribution in [2.24, 2.45) is 5.92 Å². The molecule has 1 aliphatic carbocycles. The number of anilines is 1. The van der Waals surface area contributed by atoms with E-state index in [2.05, 4.69) is 10.3 Å². The molecule has 0 spiro atoms. The van der Waals surface area contributed by atoms with Crippen molar-refractivity contribution in [3.8, 4) is 0 Å². The summed E-state index contributed by atoms with van der Waals surface area (Å²) < 4.78 is 0. The highest BCUT2D eigenvalue weighted by molar-refractivity contribution is 7.18. The van der Waals surface area contributed by atoms with Gasteiger partial charge < -0.3 is 10.4 Å². The summed E-state index contributed by atoms with van der Waals surface area (Å²) in [5, 5.41) is 22.7. The topological polar surface area (TPSA) is 105 Å². The van der Waals surface area contributed by atoms with Gasteiger partial charge in [-0.3, -0.25) is 10.1 Å². The third-order valence-electron chi connectivity index (χ3n) is 2.88. The summed E-state index contributed by atoms with van der Waals surface area (Å²) in [5.41, 5.74) is -1.09. The molecular formula is C9H11N3O4S. The van der Waals surface area contributed by atoms with Gasteiger partial charge in [0.15, 0.2) is 5.13 Å². The average Bonchev–Trinajstić information content (AvgIpc) is 3.00. The zero-order chi connectivity index (χ0) is 12.6. The quantitative estimate of drug-likeness (QED) is 0.614. The maximum atomic E-state index is 11.2. The summed E-state index contributed by atoms with van der Waals surface area (Å²) in [6.07, 6.45) is 2.83. The van der Waals surface area contributed by atoms with E-state index in [4.69, 9.17) is 0 Å². The first-order valence-electron chi connectivity index (χ1n) is 5.05. The Balaban J connectivity index is 2.17. The number of rotatable bonds is 5. The lowest BCUT2D eigenvalue weighted by Gasteiger charge is -2.25. The van der Waals surface area contributed by atoms with Gasteiger partial charge in [0, 0.05) is 0 Å². The Kier molecular flexibility index (Phi) is 2.74. The maximum absolute atomic E-state index is 11.2. The lowest BCUT2D eigenvalue weighted by atomic mass is 9.96. The Morgan fingerprint density at radius 2 is 2.41 bits per heavy atom. The largest absolute Gasteiger partial charge is 0.480 e. The number of carboxylic acid groups (broad SMARTS) is 1. The summed E-state index contributed by atoms with van der Waals surface area (Å²) in [6.45, 7) is 1.58. The molecule has 1 aromatic rings. The van der Waals surface area contributed by atoms with Crippen molar-refractivity contribution in [2.75, 3.05) is 5.32 Å². The van der Waals surface area contributed by atoms with Crippen LogP contribution in [0.3, 0.4) is 0 Å². The molecule has 0 radical (unpaired) electrons. The predicted octanol–water partition coefficient (Wildman–Crippen LogP) is 1.72. The van der Waals surface area contributed by atoms with Gasteiger partial charge in [0.2, 0.25) is 0 Å². The Morgan fingerprint density at radius 1 is 1.76 bits per heavy atom. The Hall–Kier alpha value is -1.70. The van der Waals surface area contributed by atoms with E-state index >= 15 is 0 Å². The van der Waals surface area contributed by atoms with Crippen molar-refractivity contribution in [3.63, 3.8) is 0 Å². The van der Waals surface area contributed by atoms with Gasteiger partial charge in [-0.05, 0) is 37.0 Å². The van der Waals surface area contributed by atoms with E-state index in [1.165, 1.54) is 0 Å². The molecule has 1 atom stereocenters. The number of hydrogen-bond acceptors (Lipinski definition) is 6. The van der Waals surface area contributed by atoms with Gasteiger partial charge in [0.05, 0.1) is 4.92 Å². The fourth-order valence-electron chi connectivity index (χ4n) is 1.62. The lowest BCUT2D eigenvalue weighted by Crippen LogP contribution is -2.45. The molecule has 2 rings (SSSR count). The molecule has 92 valence electrons. The summed E-state index contributed by atoms with van der Waals surface area (Å²) in [4.78, 5) is 25.0. The zero-order valence-electron chi connectivity index (χ0n) is 9.04. The van der Waals surface area contributed by atoms with Crippen molar-refractivity contribution < 1.29 is 14.8 Å². The van der Waals surface area contributed by atoms with E-state index in [1.54, 1.807) is 6.92 Å². The highest BCUT2D eigenvalue weighted by atomic mass is 32.1. The highest BCUT2D eigenvalue weighted by Crippen LogP contribution is 2.42. The standard InChI is InChI=1S/C9H11N3O4S/c1-9(7(13)14,5-2-3-5)11-8-10-4-6(17-8)12(15)16/h4-5H,2-3H2,1H3,(H,10,11)(H,13,14). The number of carbonyl (C=O) groups is 1. The van der Waals surface area contributed by atoms with E-state index in [0.717, 1.165) is 30.4 Å². The SMILES string of the molecule is CC(Nc1ncc([N+](=O)[O-])s1)(C(=O)O)C1CC1. The predicted molar refractivity (Wildman–Crippen MR) is 61.2 cm³/mol. The number of nitrogens with one attached hydrogen (secondary N) is 1. The van der Waals surface area contributed by atoms with Gasteiger partial charge in [-0.25, -0.2) is 9.78 Å². The van der Waals surface area contributed by atoms with Gasteiger partial charge in [-0.15, -0.1) is 0 Å². The normalized spacial score (nSPS) is 18.4. The molecule has 17 heavy (non-hydrogen) atoms. The molecule has 8 heteroatoms. The molecule has 0 aromatic carbocycles. The molecule has 1 aromatic heterocycles. The third-order valence-corrected chi connectivity index (χ3v) is 3.74. The summed E-state index contributed by atoms with van der Waals surface area (Å²) in [7, 11) is 0. The number of nitro groups is 1. The van der Waals surface area contributed by atoms with E-state index in [0.29, 0.717) is 0 Å². The fraction of sp³-hybridized carbons (Fsp3) is 0.556. The average molecular weight is 257 g/mol. The number of nitrogens with zero attached hydrogens (tertiary/aromatic N) is 2. The second-order valence-electron chi connectivity index (χ2n) is 4.17. The minimum Gasteiger partial charge on any atom is -0.480 e. The van der Waals surface area contributed by atoms with E-state index in [-0.39, 0.29) is 16.1 Å². The molecular weight excluding hydrogens is 246 g/mol. The number of carboxylic acids is 1. The van der Waals surface area contributed by atoms with Crippen LogP contribution in [0.4, 0.5) is 10.1 Å².